The van der Waals surface area contributed by atoms with Crippen molar-refractivity contribution >= 4 is 5.96 Å². The maximum Gasteiger partial charge on any atom is 0.191 e. The number of aryl methyl sites for hydroxylation is 2. The summed E-state index contributed by atoms with van der Waals surface area (Å²) in [6, 6.07) is 12.7. The fraction of sp³-hybridized carbons (Fsp3) is 0.353. The number of aromatic nitrogens is 1. The van der Waals surface area contributed by atoms with Gasteiger partial charge in [-0.3, -0.25) is 4.99 Å². The van der Waals surface area contributed by atoms with Gasteiger partial charge in [0.25, 0.3) is 0 Å². The van der Waals surface area contributed by atoms with Crippen molar-refractivity contribution in [1.82, 2.24) is 15.2 Å². The summed E-state index contributed by atoms with van der Waals surface area (Å²) in [4.78, 5) is 4.24. The van der Waals surface area contributed by atoms with Crippen molar-refractivity contribution in [2.45, 2.75) is 19.4 Å². The molecular weight excluding hydrogens is 260 g/mol. The molecule has 2 N–H and O–H groups in total. The number of rotatable bonds is 6. The van der Waals surface area contributed by atoms with E-state index in [4.69, 9.17) is 0 Å². The fourth-order valence-electron chi connectivity index (χ4n) is 2.22. The van der Waals surface area contributed by atoms with E-state index in [9.17, 15) is 0 Å². The minimum absolute atomic E-state index is 0.791. The maximum absolute atomic E-state index is 4.24. The first-order chi connectivity index (χ1) is 10.3. The van der Waals surface area contributed by atoms with Crippen LogP contribution in [0.2, 0.25) is 0 Å². The standard InChI is InChI=1S/C17H24N4/c1-18-17(20-13-16-10-12-21(2)14-16)19-11-6-9-15-7-4-3-5-8-15/h3-5,7-8,10,12,14H,6,9,11,13H2,1-2H3,(H2,18,19,20). The van der Waals surface area contributed by atoms with E-state index in [1.807, 2.05) is 17.8 Å². The smallest absolute Gasteiger partial charge is 0.191 e. The van der Waals surface area contributed by atoms with Gasteiger partial charge in [0.1, 0.15) is 0 Å². The van der Waals surface area contributed by atoms with Gasteiger partial charge in [0, 0.05) is 39.6 Å². The average molecular weight is 284 g/mol. The Hall–Kier alpha value is -2.23. The predicted molar refractivity (Wildman–Crippen MR) is 88.4 cm³/mol. The third-order valence-corrected chi connectivity index (χ3v) is 3.35. The number of hydrogen-bond acceptors (Lipinski definition) is 1. The molecule has 1 heterocycles. The molecule has 0 bridgehead atoms. The quantitative estimate of drug-likeness (QED) is 0.485. The van der Waals surface area contributed by atoms with Gasteiger partial charge in [0.15, 0.2) is 5.96 Å². The Morgan fingerprint density at radius 3 is 2.57 bits per heavy atom. The summed E-state index contributed by atoms with van der Waals surface area (Å²) in [6.45, 7) is 1.71. The maximum atomic E-state index is 4.24. The van der Waals surface area contributed by atoms with Crippen LogP contribution in [-0.2, 0) is 20.0 Å². The zero-order valence-corrected chi connectivity index (χ0v) is 12.8. The Morgan fingerprint density at radius 1 is 1.10 bits per heavy atom. The third kappa shape index (κ3) is 5.34. The van der Waals surface area contributed by atoms with Crippen molar-refractivity contribution in [3.05, 3.63) is 59.9 Å². The van der Waals surface area contributed by atoms with Crippen LogP contribution in [0.3, 0.4) is 0 Å². The molecule has 0 saturated heterocycles. The normalized spacial score (nSPS) is 11.4. The first kappa shape index (κ1) is 15.2. The van der Waals surface area contributed by atoms with Crippen LogP contribution in [-0.4, -0.2) is 24.1 Å². The Kier molecular flexibility index (Phi) is 5.88. The lowest BCUT2D eigenvalue weighted by atomic mass is 10.1. The zero-order chi connectivity index (χ0) is 14.9. The topological polar surface area (TPSA) is 41.4 Å². The van der Waals surface area contributed by atoms with Gasteiger partial charge >= 0.3 is 0 Å². The van der Waals surface area contributed by atoms with E-state index in [1.54, 1.807) is 7.05 Å². The molecule has 0 aliphatic carbocycles. The molecule has 0 amide bonds. The summed E-state index contributed by atoms with van der Waals surface area (Å²) in [5, 5.41) is 6.67. The Labute approximate surface area is 126 Å². The van der Waals surface area contributed by atoms with Gasteiger partial charge in [0.05, 0.1) is 0 Å². The molecule has 4 nitrogen and oxygen atoms in total. The molecule has 21 heavy (non-hydrogen) atoms. The summed E-state index contributed by atoms with van der Waals surface area (Å²) in [6.07, 6.45) is 6.34. The van der Waals surface area contributed by atoms with Crippen molar-refractivity contribution in [2.75, 3.05) is 13.6 Å². The first-order valence-electron chi connectivity index (χ1n) is 7.37. The first-order valence-corrected chi connectivity index (χ1v) is 7.37. The van der Waals surface area contributed by atoms with E-state index in [-0.39, 0.29) is 0 Å². The molecule has 0 saturated carbocycles. The van der Waals surface area contributed by atoms with Crippen LogP contribution in [0.5, 0.6) is 0 Å². The summed E-state index contributed by atoms with van der Waals surface area (Å²) < 4.78 is 2.05. The second-order valence-electron chi connectivity index (χ2n) is 5.13. The summed E-state index contributed by atoms with van der Waals surface area (Å²) in [5.74, 6) is 0.854. The molecule has 1 aromatic heterocycles. The van der Waals surface area contributed by atoms with Crippen LogP contribution in [0.15, 0.2) is 53.8 Å². The Morgan fingerprint density at radius 2 is 1.90 bits per heavy atom. The van der Waals surface area contributed by atoms with Gasteiger partial charge < -0.3 is 15.2 Å². The van der Waals surface area contributed by atoms with E-state index in [2.05, 4.69) is 58.2 Å². The van der Waals surface area contributed by atoms with Gasteiger partial charge in [-0.1, -0.05) is 30.3 Å². The molecule has 0 radical (unpaired) electrons. The van der Waals surface area contributed by atoms with Gasteiger partial charge in [-0.25, -0.2) is 0 Å². The highest BCUT2D eigenvalue weighted by Gasteiger charge is 1.99. The van der Waals surface area contributed by atoms with Crippen molar-refractivity contribution < 1.29 is 0 Å². The van der Waals surface area contributed by atoms with Crippen LogP contribution in [0, 0.1) is 0 Å². The van der Waals surface area contributed by atoms with Gasteiger partial charge in [-0.15, -0.1) is 0 Å². The minimum atomic E-state index is 0.791. The molecule has 0 atom stereocenters. The summed E-state index contributed by atoms with van der Waals surface area (Å²) in [5.41, 5.74) is 2.64. The highest BCUT2D eigenvalue weighted by atomic mass is 15.2. The van der Waals surface area contributed by atoms with Gasteiger partial charge in [0.2, 0.25) is 0 Å². The molecule has 0 aliphatic rings. The Bertz CT molecular complexity index is 557. The molecule has 1 aromatic carbocycles. The van der Waals surface area contributed by atoms with Crippen LogP contribution >= 0.6 is 0 Å². The Balaban J connectivity index is 1.66. The van der Waals surface area contributed by atoms with Crippen LogP contribution in [0.25, 0.3) is 0 Å². The number of guanidine groups is 1. The summed E-state index contributed by atoms with van der Waals surface area (Å²) in [7, 11) is 3.83. The molecule has 0 aliphatic heterocycles. The lowest BCUT2D eigenvalue weighted by Gasteiger charge is -2.11. The molecule has 2 rings (SSSR count). The summed E-state index contributed by atoms with van der Waals surface area (Å²) >= 11 is 0. The van der Waals surface area contributed by atoms with Crippen LogP contribution < -0.4 is 10.6 Å². The number of hydrogen-bond donors (Lipinski definition) is 2. The molecule has 112 valence electrons. The molecule has 0 spiro atoms. The van der Waals surface area contributed by atoms with E-state index < -0.39 is 0 Å². The second-order valence-corrected chi connectivity index (χ2v) is 5.13. The van der Waals surface area contributed by atoms with E-state index in [0.717, 1.165) is 31.9 Å². The van der Waals surface area contributed by atoms with Crippen LogP contribution in [0.1, 0.15) is 17.5 Å². The largest absolute Gasteiger partial charge is 0.357 e. The van der Waals surface area contributed by atoms with Crippen molar-refractivity contribution in [3.8, 4) is 0 Å². The van der Waals surface area contributed by atoms with Crippen LogP contribution in [0.4, 0.5) is 0 Å². The molecule has 0 unspecified atom stereocenters. The lowest BCUT2D eigenvalue weighted by Crippen LogP contribution is -2.37. The van der Waals surface area contributed by atoms with Crippen molar-refractivity contribution in [3.63, 3.8) is 0 Å². The molecule has 4 heteroatoms. The zero-order valence-electron chi connectivity index (χ0n) is 12.8. The number of nitrogens with zero attached hydrogens (tertiary/aromatic N) is 2. The average Bonchev–Trinajstić information content (AvgIpc) is 2.93. The number of nitrogens with one attached hydrogen (secondary N) is 2. The second kappa shape index (κ2) is 8.15. The fourth-order valence-corrected chi connectivity index (χ4v) is 2.22. The SMILES string of the molecule is CN=C(NCCCc1ccccc1)NCc1ccn(C)c1. The van der Waals surface area contributed by atoms with Gasteiger partial charge in [-0.2, -0.15) is 0 Å². The number of benzene rings is 1. The molecular formula is C17H24N4. The van der Waals surface area contributed by atoms with E-state index >= 15 is 0 Å². The highest BCUT2D eigenvalue weighted by molar-refractivity contribution is 5.79. The third-order valence-electron chi connectivity index (χ3n) is 3.35. The van der Waals surface area contributed by atoms with Crippen molar-refractivity contribution in [2.24, 2.45) is 12.0 Å². The molecule has 2 aromatic rings. The van der Waals surface area contributed by atoms with E-state index in [0.29, 0.717) is 0 Å². The van der Waals surface area contributed by atoms with Crippen molar-refractivity contribution in [1.29, 1.82) is 0 Å². The monoisotopic (exact) mass is 284 g/mol. The number of aliphatic imine (C=N–C) groups is 1. The molecule has 0 fully saturated rings. The highest BCUT2D eigenvalue weighted by Crippen LogP contribution is 2.01. The lowest BCUT2D eigenvalue weighted by molar-refractivity contribution is 0.741. The van der Waals surface area contributed by atoms with E-state index in [1.165, 1.54) is 11.1 Å². The minimum Gasteiger partial charge on any atom is -0.357 e. The van der Waals surface area contributed by atoms with Gasteiger partial charge in [-0.05, 0) is 30.0 Å². The predicted octanol–water partition coefficient (Wildman–Crippen LogP) is 2.32.